The molecule has 0 bridgehead atoms. The molecule has 4 rings (SSSR count). The topological polar surface area (TPSA) is 50.6 Å². The van der Waals surface area contributed by atoms with Gasteiger partial charge in [0, 0.05) is 43.4 Å². The average molecular weight is 372 g/mol. The molecule has 2 aliphatic heterocycles. The number of hydrogen-bond donors (Lipinski definition) is 0. The number of carbonyl (C=O) groups is 1. The van der Waals surface area contributed by atoms with Gasteiger partial charge in [0.1, 0.15) is 0 Å². The Balaban J connectivity index is 1.72. The Labute approximate surface area is 166 Å². The van der Waals surface area contributed by atoms with Gasteiger partial charge in [-0.25, -0.2) is 0 Å². The molecule has 0 aromatic heterocycles. The fraction of sp³-hybridized carbons (Fsp3) is 0.304. The lowest BCUT2D eigenvalue weighted by Crippen LogP contribution is -2.48. The van der Waals surface area contributed by atoms with Crippen molar-refractivity contribution in [3.8, 4) is 6.07 Å². The first-order valence-electron chi connectivity index (χ1n) is 9.66. The molecule has 142 valence electrons. The number of amides is 1. The zero-order valence-electron chi connectivity index (χ0n) is 16.1. The smallest absolute Gasteiger partial charge is 0.241 e. The number of piperazine rings is 1. The Morgan fingerprint density at radius 1 is 1.04 bits per heavy atom. The first kappa shape index (κ1) is 18.4. The Hall–Kier alpha value is -2.94. The lowest BCUT2D eigenvalue weighted by molar-refractivity contribution is -0.120. The lowest BCUT2D eigenvalue weighted by Gasteiger charge is -2.33. The Kier molecular flexibility index (Phi) is 5.25. The molecule has 0 N–H and O–H groups in total. The predicted octanol–water partition coefficient (Wildman–Crippen LogP) is 2.74. The van der Waals surface area contributed by atoms with Crippen molar-refractivity contribution in [1.82, 2.24) is 9.80 Å². The Morgan fingerprint density at radius 2 is 1.71 bits per heavy atom. The van der Waals surface area contributed by atoms with Gasteiger partial charge in [-0.1, -0.05) is 42.5 Å². The third kappa shape index (κ3) is 3.57. The quantitative estimate of drug-likeness (QED) is 0.761. The van der Waals surface area contributed by atoms with Gasteiger partial charge in [-0.3, -0.25) is 9.69 Å². The second-order valence-corrected chi connectivity index (χ2v) is 7.42. The molecular weight excluding hydrogens is 348 g/mol. The summed E-state index contributed by atoms with van der Waals surface area (Å²) in [5.74, 6) is 0.102. The van der Waals surface area contributed by atoms with Crippen LogP contribution in [-0.4, -0.2) is 55.5 Å². The van der Waals surface area contributed by atoms with Crippen LogP contribution in [0.1, 0.15) is 16.7 Å². The molecule has 5 heteroatoms. The average Bonchev–Trinajstić information content (AvgIpc) is 2.85. The van der Waals surface area contributed by atoms with E-state index in [1.807, 2.05) is 53.4 Å². The van der Waals surface area contributed by atoms with Crippen LogP contribution in [0.25, 0.3) is 5.57 Å². The minimum absolute atomic E-state index is 0.102. The predicted molar refractivity (Wildman–Crippen MR) is 111 cm³/mol. The van der Waals surface area contributed by atoms with Gasteiger partial charge in [-0.05, 0) is 24.2 Å². The molecule has 0 unspecified atom stereocenters. The highest BCUT2D eigenvalue weighted by Gasteiger charge is 2.28. The van der Waals surface area contributed by atoms with Crippen molar-refractivity contribution < 1.29 is 4.79 Å². The van der Waals surface area contributed by atoms with Crippen LogP contribution >= 0.6 is 0 Å². The molecule has 2 aromatic rings. The molecule has 2 aliphatic rings. The Morgan fingerprint density at radius 3 is 2.46 bits per heavy atom. The highest BCUT2D eigenvalue weighted by Crippen LogP contribution is 2.37. The number of allylic oxidation sites excluding steroid dienone is 1. The van der Waals surface area contributed by atoms with Crippen LogP contribution in [0, 0.1) is 11.3 Å². The molecule has 0 atom stereocenters. The van der Waals surface area contributed by atoms with E-state index in [0.29, 0.717) is 13.1 Å². The van der Waals surface area contributed by atoms with Crippen LogP contribution < -0.4 is 4.90 Å². The van der Waals surface area contributed by atoms with E-state index < -0.39 is 0 Å². The van der Waals surface area contributed by atoms with Gasteiger partial charge in [0.05, 0.1) is 24.8 Å². The van der Waals surface area contributed by atoms with Gasteiger partial charge < -0.3 is 9.80 Å². The van der Waals surface area contributed by atoms with Crippen LogP contribution in [-0.2, 0) is 11.3 Å². The van der Waals surface area contributed by atoms with Gasteiger partial charge in [0.15, 0.2) is 0 Å². The van der Waals surface area contributed by atoms with E-state index in [0.717, 1.165) is 54.1 Å². The maximum atomic E-state index is 13.3. The lowest BCUT2D eigenvalue weighted by atomic mass is 9.94. The summed E-state index contributed by atoms with van der Waals surface area (Å²) in [6.07, 6.45) is 1.59. The number of fused-ring (bicyclic) bond motifs is 2. The summed E-state index contributed by atoms with van der Waals surface area (Å²) in [5, 5.41) is 9.36. The number of anilines is 1. The summed E-state index contributed by atoms with van der Waals surface area (Å²) >= 11 is 0. The second kappa shape index (κ2) is 7.97. The van der Waals surface area contributed by atoms with Gasteiger partial charge in [0.2, 0.25) is 5.91 Å². The van der Waals surface area contributed by atoms with Gasteiger partial charge in [0.25, 0.3) is 0 Å². The van der Waals surface area contributed by atoms with Gasteiger partial charge in [-0.15, -0.1) is 0 Å². The summed E-state index contributed by atoms with van der Waals surface area (Å²) in [6.45, 7) is 4.73. The fourth-order valence-electron chi connectivity index (χ4n) is 3.98. The third-order valence-electron chi connectivity index (χ3n) is 5.59. The van der Waals surface area contributed by atoms with E-state index >= 15 is 0 Å². The van der Waals surface area contributed by atoms with E-state index in [2.05, 4.69) is 22.9 Å². The molecular formula is C23H24N4O. The number of carbonyl (C=O) groups excluding carboxylic acids is 1. The first-order chi connectivity index (χ1) is 13.7. The first-order valence-corrected chi connectivity index (χ1v) is 9.66. The van der Waals surface area contributed by atoms with E-state index in [1.54, 1.807) is 6.08 Å². The molecule has 1 saturated heterocycles. The molecule has 1 fully saturated rings. The number of likely N-dealkylation sites (N-methyl/N-ethyl adjacent to an activating group) is 1. The summed E-state index contributed by atoms with van der Waals surface area (Å²) in [6, 6.07) is 18.1. The number of hydrogen-bond acceptors (Lipinski definition) is 4. The number of para-hydroxylation sites is 1. The minimum atomic E-state index is 0.102. The van der Waals surface area contributed by atoms with Crippen molar-refractivity contribution in [2.45, 2.75) is 6.54 Å². The second-order valence-electron chi connectivity index (χ2n) is 7.42. The molecule has 2 heterocycles. The number of rotatable bonds is 2. The SMILES string of the molecule is CN1CCN(CC(=O)N2Cc3ccccc3/C(=C\C#N)c3ccccc32)CC1. The number of nitrogens with zero attached hydrogens (tertiary/aromatic N) is 4. The monoisotopic (exact) mass is 372 g/mol. The van der Waals surface area contributed by atoms with Crippen LogP contribution in [0.2, 0.25) is 0 Å². The summed E-state index contributed by atoms with van der Waals surface area (Å²) in [4.78, 5) is 19.7. The van der Waals surface area contributed by atoms with E-state index in [9.17, 15) is 10.1 Å². The Bertz CT molecular complexity index is 951. The fourth-order valence-corrected chi connectivity index (χ4v) is 3.98. The van der Waals surface area contributed by atoms with Crippen molar-refractivity contribution in [3.63, 3.8) is 0 Å². The zero-order valence-corrected chi connectivity index (χ0v) is 16.1. The summed E-state index contributed by atoms with van der Waals surface area (Å²) in [7, 11) is 2.12. The molecule has 2 aromatic carbocycles. The van der Waals surface area contributed by atoms with Gasteiger partial charge >= 0.3 is 0 Å². The molecule has 0 radical (unpaired) electrons. The maximum Gasteiger partial charge on any atom is 0.241 e. The largest absolute Gasteiger partial charge is 0.306 e. The van der Waals surface area contributed by atoms with E-state index in [4.69, 9.17) is 0 Å². The number of benzene rings is 2. The van der Waals surface area contributed by atoms with Crippen molar-refractivity contribution >= 4 is 17.2 Å². The van der Waals surface area contributed by atoms with Crippen LogP contribution in [0.3, 0.4) is 0 Å². The van der Waals surface area contributed by atoms with Crippen LogP contribution in [0.4, 0.5) is 5.69 Å². The third-order valence-corrected chi connectivity index (χ3v) is 5.59. The van der Waals surface area contributed by atoms with Crippen LogP contribution in [0.15, 0.2) is 54.6 Å². The summed E-state index contributed by atoms with van der Waals surface area (Å²) in [5.41, 5.74) is 4.77. The van der Waals surface area contributed by atoms with Crippen molar-refractivity contribution in [3.05, 3.63) is 71.3 Å². The van der Waals surface area contributed by atoms with Crippen molar-refractivity contribution in [2.75, 3.05) is 44.7 Å². The molecule has 0 aliphatic carbocycles. The zero-order chi connectivity index (χ0) is 19.5. The molecule has 1 amide bonds. The summed E-state index contributed by atoms with van der Waals surface area (Å²) < 4.78 is 0. The normalized spacial score (nSPS) is 18.9. The number of nitriles is 1. The van der Waals surface area contributed by atoms with E-state index in [1.165, 1.54) is 0 Å². The standard InChI is InChI=1S/C23H24N4O/c1-25-12-14-26(15-13-25)17-23(28)27-16-18-6-2-3-7-19(18)20(10-11-24)21-8-4-5-9-22(21)27/h2-10H,12-17H2,1H3/b20-10+. The minimum Gasteiger partial charge on any atom is -0.306 e. The van der Waals surface area contributed by atoms with Crippen molar-refractivity contribution in [1.29, 1.82) is 5.26 Å². The van der Waals surface area contributed by atoms with Crippen molar-refractivity contribution in [2.24, 2.45) is 0 Å². The molecule has 28 heavy (non-hydrogen) atoms. The van der Waals surface area contributed by atoms with E-state index in [-0.39, 0.29) is 5.91 Å². The highest BCUT2D eigenvalue weighted by molar-refractivity contribution is 6.01. The highest BCUT2D eigenvalue weighted by atomic mass is 16.2. The molecule has 0 saturated carbocycles. The van der Waals surface area contributed by atoms with Crippen LogP contribution in [0.5, 0.6) is 0 Å². The van der Waals surface area contributed by atoms with Gasteiger partial charge in [-0.2, -0.15) is 5.26 Å². The maximum absolute atomic E-state index is 13.3. The molecule has 0 spiro atoms. The molecule has 5 nitrogen and oxygen atoms in total.